The van der Waals surface area contributed by atoms with E-state index in [9.17, 15) is 13.2 Å². The molecule has 4 rings (SSSR count). The quantitative estimate of drug-likeness (QED) is 0.666. The molecule has 28 heavy (non-hydrogen) atoms. The average Bonchev–Trinajstić information content (AvgIpc) is 3.04. The molecular formula is C22H18N2O3S. The number of carbonyl (C=O) groups excluding carboxylic acids is 1. The van der Waals surface area contributed by atoms with E-state index in [1.807, 2.05) is 54.6 Å². The largest absolute Gasteiger partial charge is 0.321 e. The lowest BCUT2D eigenvalue weighted by atomic mass is 10.0. The summed E-state index contributed by atoms with van der Waals surface area (Å²) in [6, 6.07) is 22.5. The van der Waals surface area contributed by atoms with Crippen molar-refractivity contribution in [3.8, 4) is 11.1 Å². The number of fused-ring (bicyclic) bond motifs is 1. The second-order valence-corrected chi connectivity index (χ2v) is 8.30. The highest BCUT2D eigenvalue weighted by Gasteiger charge is 2.26. The first-order valence-corrected chi connectivity index (χ1v) is 10.2. The third-order valence-electron chi connectivity index (χ3n) is 4.68. The third-order valence-corrected chi connectivity index (χ3v) is 6.09. The van der Waals surface area contributed by atoms with Gasteiger partial charge in [-0.15, -0.1) is 0 Å². The minimum Gasteiger partial charge on any atom is -0.321 e. The van der Waals surface area contributed by atoms with Crippen molar-refractivity contribution in [2.24, 2.45) is 0 Å². The Morgan fingerprint density at radius 1 is 0.893 bits per heavy atom. The second kappa shape index (κ2) is 7.07. The first-order valence-electron chi connectivity index (χ1n) is 8.74. The smallest absolute Gasteiger partial charge is 0.256 e. The van der Waals surface area contributed by atoms with E-state index in [0.717, 1.165) is 16.7 Å². The second-order valence-electron chi connectivity index (χ2n) is 6.42. The first kappa shape index (κ1) is 18.2. The van der Waals surface area contributed by atoms with Crippen molar-refractivity contribution in [2.75, 3.05) is 12.4 Å². The Labute approximate surface area is 163 Å². The van der Waals surface area contributed by atoms with E-state index in [1.54, 1.807) is 12.1 Å². The van der Waals surface area contributed by atoms with Crippen molar-refractivity contribution in [3.05, 3.63) is 83.9 Å². The molecule has 2 N–H and O–H groups in total. The predicted octanol–water partition coefficient (Wildman–Crippen LogP) is 3.75. The zero-order chi connectivity index (χ0) is 19.7. The molecule has 0 radical (unpaired) electrons. The molecule has 5 nitrogen and oxygen atoms in total. The molecular weight excluding hydrogens is 372 g/mol. The van der Waals surface area contributed by atoms with E-state index in [2.05, 4.69) is 10.0 Å². The zero-order valence-corrected chi connectivity index (χ0v) is 16.0. The fourth-order valence-electron chi connectivity index (χ4n) is 3.16. The minimum absolute atomic E-state index is 0.121. The van der Waals surface area contributed by atoms with Gasteiger partial charge < -0.3 is 5.32 Å². The van der Waals surface area contributed by atoms with Crippen molar-refractivity contribution < 1.29 is 13.2 Å². The van der Waals surface area contributed by atoms with Crippen LogP contribution in [0, 0.1) is 0 Å². The number of sulfonamides is 1. The summed E-state index contributed by atoms with van der Waals surface area (Å²) in [6.45, 7) is 0. The maximum Gasteiger partial charge on any atom is 0.256 e. The Bertz CT molecular complexity index is 1180. The maximum absolute atomic E-state index is 12.4. The van der Waals surface area contributed by atoms with Crippen molar-refractivity contribution in [2.45, 2.75) is 4.90 Å². The molecule has 1 amide bonds. The molecule has 0 unspecified atom stereocenters. The maximum atomic E-state index is 12.4. The molecule has 0 aliphatic carbocycles. The van der Waals surface area contributed by atoms with Gasteiger partial charge in [0, 0.05) is 16.8 Å². The Kier molecular flexibility index (Phi) is 4.58. The van der Waals surface area contributed by atoms with Crippen molar-refractivity contribution in [3.63, 3.8) is 0 Å². The Hall–Kier alpha value is -3.22. The van der Waals surface area contributed by atoms with E-state index >= 15 is 0 Å². The standard InChI is InChI=1S/C22H18N2O3S/c1-23-28(26,27)18-11-12-21-19(14-18)20(22(25)24-21)13-15-7-9-17(10-8-15)16-5-3-2-4-6-16/h2-14,23H,1H3,(H,24,25). The third kappa shape index (κ3) is 3.35. The fraction of sp³-hybridized carbons (Fsp3) is 0.0455. The molecule has 1 aliphatic heterocycles. The van der Waals surface area contributed by atoms with Gasteiger partial charge in [-0.3, -0.25) is 4.79 Å². The summed E-state index contributed by atoms with van der Waals surface area (Å²) in [5.41, 5.74) is 4.69. The Morgan fingerprint density at radius 2 is 1.57 bits per heavy atom. The lowest BCUT2D eigenvalue weighted by molar-refractivity contribution is -0.110. The van der Waals surface area contributed by atoms with Gasteiger partial charge >= 0.3 is 0 Å². The lowest BCUT2D eigenvalue weighted by Crippen LogP contribution is -2.18. The van der Waals surface area contributed by atoms with Crippen LogP contribution in [0.25, 0.3) is 22.8 Å². The molecule has 0 bridgehead atoms. The number of benzene rings is 3. The van der Waals surface area contributed by atoms with Crippen molar-refractivity contribution in [1.29, 1.82) is 0 Å². The molecule has 6 heteroatoms. The first-order chi connectivity index (χ1) is 13.5. The number of hydrogen-bond acceptors (Lipinski definition) is 3. The molecule has 3 aromatic rings. The SMILES string of the molecule is CNS(=O)(=O)c1ccc2c(c1)C(=Cc1ccc(-c3ccccc3)cc1)C(=O)N2. The fourth-order valence-corrected chi connectivity index (χ4v) is 3.92. The number of anilines is 1. The van der Waals surface area contributed by atoms with Gasteiger partial charge in [0.15, 0.2) is 0 Å². The van der Waals surface area contributed by atoms with E-state index in [-0.39, 0.29) is 10.8 Å². The minimum atomic E-state index is -3.59. The van der Waals surface area contributed by atoms with Crippen LogP contribution in [0.15, 0.2) is 77.7 Å². The van der Waals surface area contributed by atoms with Crippen LogP contribution in [0.5, 0.6) is 0 Å². The molecule has 1 heterocycles. The highest BCUT2D eigenvalue weighted by molar-refractivity contribution is 7.89. The molecule has 1 aliphatic rings. The van der Waals surface area contributed by atoms with E-state index < -0.39 is 10.0 Å². The van der Waals surface area contributed by atoms with Gasteiger partial charge in [-0.1, -0.05) is 54.6 Å². The number of amides is 1. The average molecular weight is 390 g/mol. The molecule has 0 spiro atoms. The highest BCUT2D eigenvalue weighted by Crippen LogP contribution is 2.35. The van der Waals surface area contributed by atoms with Crippen molar-refractivity contribution >= 4 is 33.3 Å². The van der Waals surface area contributed by atoms with Crippen LogP contribution in [0.4, 0.5) is 5.69 Å². The summed E-state index contributed by atoms with van der Waals surface area (Å²) in [5.74, 6) is -0.249. The van der Waals surface area contributed by atoms with E-state index in [0.29, 0.717) is 16.8 Å². The highest BCUT2D eigenvalue weighted by atomic mass is 32.2. The van der Waals surface area contributed by atoms with Crippen LogP contribution < -0.4 is 10.0 Å². The molecule has 0 aromatic heterocycles. The van der Waals surface area contributed by atoms with E-state index in [4.69, 9.17) is 0 Å². The summed E-state index contributed by atoms with van der Waals surface area (Å²) in [6.07, 6.45) is 1.77. The molecule has 140 valence electrons. The zero-order valence-electron chi connectivity index (χ0n) is 15.1. The van der Waals surface area contributed by atoms with Gasteiger partial charge in [0.2, 0.25) is 10.0 Å². The summed E-state index contributed by atoms with van der Waals surface area (Å²) in [5, 5.41) is 2.78. The van der Waals surface area contributed by atoms with Gasteiger partial charge in [0.25, 0.3) is 5.91 Å². The van der Waals surface area contributed by atoms with Crippen LogP contribution in [0.3, 0.4) is 0 Å². The molecule has 0 fully saturated rings. The summed E-state index contributed by atoms with van der Waals surface area (Å²) in [7, 11) is -2.23. The number of hydrogen-bond donors (Lipinski definition) is 2. The topological polar surface area (TPSA) is 75.3 Å². The number of rotatable bonds is 4. The van der Waals surface area contributed by atoms with Crippen LogP contribution in [0.2, 0.25) is 0 Å². The summed E-state index contributed by atoms with van der Waals surface area (Å²) >= 11 is 0. The van der Waals surface area contributed by atoms with Crippen molar-refractivity contribution in [1.82, 2.24) is 4.72 Å². The predicted molar refractivity (Wildman–Crippen MR) is 111 cm³/mol. The van der Waals surface area contributed by atoms with Crippen LogP contribution >= 0.6 is 0 Å². The number of nitrogens with one attached hydrogen (secondary N) is 2. The van der Waals surface area contributed by atoms with Crippen LogP contribution in [0.1, 0.15) is 11.1 Å². The van der Waals surface area contributed by atoms with Gasteiger partial charge in [-0.2, -0.15) is 0 Å². The summed E-state index contributed by atoms with van der Waals surface area (Å²) < 4.78 is 26.5. The monoisotopic (exact) mass is 390 g/mol. The molecule has 3 aromatic carbocycles. The van der Waals surface area contributed by atoms with E-state index in [1.165, 1.54) is 19.2 Å². The van der Waals surface area contributed by atoms with Gasteiger partial charge in [-0.25, -0.2) is 13.1 Å². The Balaban J connectivity index is 1.71. The molecule has 0 atom stereocenters. The number of carbonyl (C=O) groups is 1. The van der Waals surface area contributed by atoms with Gasteiger partial charge in [-0.05, 0) is 48.0 Å². The molecule has 0 saturated heterocycles. The summed E-state index contributed by atoms with van der Waals surface area (Å²) in [4.78, 5) is 12.5. The van der Waals surface area contributed by atoms with Crippen LogP contribution in [-0.2, 0) is 14.8 Å². The van der Waals surface area contributed by atoms with Gasteiger partial charge in [0.05, 0.1) is 4.90 Å². The normalized spacial score (nSPS) is 14.8. The van der Waals surface area contributed by atoms with Crippen LogP contribution in [-0.4, -0.2) is 21.4 Å². The lowest BCUT2D eigenvalue weighted by Gasteiger charge is -2.05. The van der Waals surface area contributed by atoms with Gasteiger partial charge in [0.1, 0.15) is 0 Å². The Morgan fingerprint density at radius 3 is 2.25 bits per heavy atom. The molecule has 0 saturated carbocycles.